The zero-order valence-electron chi connectivity index (χ0n) is 23.3. The van der Waals surface area contributed by atoms with Gasteiger partial charge in [0.1, 0.15) is 18.3 Å². The Morgan fingerprint density at radius 1 is 1.11 bits per heavy atom. The van der Waals surface area contributed by atoms with E-state index in [0.29, 0.717) is 31.3 Å². The van der Waals surface area contributed by atoms with Gasteiger partial charge in [0, 0.05) is 11.3 Å². The van der Waals surface area contributed by atoms with Crippen LogP contribution in [0.4, 0.5) is 0 Å². The van der Waals surface area contributed by atoms with E-state index in [-0.39, 0.29) is 37.4 Å². The maximum absolute atomic E-state index is 13.4. The summed E-state index contributed by atoms with van der Waals surface area (Å²) in [5, 5.41) is 64.8. The van der Waals surface area contributed by atoms with E-state index in [0.717, 1.165) is 0 Å². The Hall–Kier alpha value is -1.36. The van der Waals surface area contributed by atoms with Crippen molar-refractivity contribution in [3.05, 3.63) is 11.6 Å². The fourth-order valence-corrected chi connectivity index (χ4v) is 8.68. The minimum Gasteiger partial charge on any atom is -0.458 e. The molecule has 9 nitrogen and oxygen atoms in total. The van der Waals surface area contributed by atoms with Crippen molar-refractivity contribution in [3.63, 3.8) is 0 Å². The summed E-state index contributed by atoms with van der Waals surface area (Å²) in [6.45, 7) is 7.93. The lowest BCUT2D eigenvalue weighted by atomic mass is 9.45. The highest BCUT2D eigenvalue weighted by molar-refractivity contribution is 5.95. The number of carbonyl (C=O) groups is 2. The van der Waals surface area contributed by atoms with Crippen LogP contribution < -0.4 is 0 Å². The maximum Gasteiger partial charge on any atom is 0.332 e. The number of aliphatic hydroxyl groups is 6. The SMILES string of the molecule is CC(C)(O)CC[C@@H](OC(=O)CO)[C@](C)(O)[C@H]1CC[C@@]2(O)C3=CC(=O)[C@@H]4C[C@@H](O)[C@@H](O)C[C@]4(C)C3CC[C@]12C. The van der Waals surface area contributed by atoms with Gasteiger partial charge in [0.05, 0.1) is 23.4 Å². The summed E-state index contributed by atoms with van der Waals surface area (Å²) in [4.78, 5) is 25.5. The highest BCUT2D eigenvalue weighted by Crippen LogP contribution is 2.68. The van der Waals surface area contributed by atoms with Gasteiger partial charge in [-0.05, 0) is 101 Å². The van der Waals surface area contributed by atoms with Crippen LogP contribution in [-0.4, -0.2) is 84.1 Å². The molecule has 0 aromatic heterocycles. The van der Waals surface area contributed by atoms with E-state index in [2.05, 4.69) is 0 Å². The lowest BCUT2D eigenvalue weighted by Gasteiger charge is -2.60. The van der Waals surface area contributed by atoms with Crippen LogP contribution in [0.2, 0.25) is 0 Å². The Balaban J connectivity index is 1.69. The normalized spacial score (nSPS) is 43.3. The zero-order chi connectivity index (χ0) is 28.5. The average Bonchev–Trinajstić information content (AvgIpc) is 3.09. The number of esters is 1. The van der Waals surface area contributed by atoms with Gasteiger partial charge in [-0.25, -0.2) is 4.79 Å². The van der Waals surface area contributed by atoms with Crippen LogP contribution in [0, 0.1) is 28.6 Å². The first-order valence-electron chi connectivity index (χ1n) is 14.0. The minimum absolute atomic E-state index is 0.141. The summed E-state index contributed by atoms with van der Waals surface area (Å²) in [5.74, 6) is -2.08. The molecular weight excluding hydrogens is 492 g/mol. The number of hydrogen-bond acceptors (Lipinski definition) is 9. The smallest absolute Gasteiger partial charge is 0.332 e. The van der Waals surface area contributed by atoms with E-state index in [9.17, 15) is 40.2 Å². The average molecular weight is 539 g/mol. The Kier molecular flexibility index (Phi) is 7.51. The Morgan fingerprint density at radius 2 is 1.76 bits per heavy atom. The number of carbonyl (C=O) groups excluding carboxylic acids is 2. The number of aliphatic hydroxyl groups excluding tert-OH is 3. The predicted octanol–water partition coefficient (Wildman–Crippen LogP) is 1.40. The molecule has 0 aromatic rings. The highest BCUT2D eigenvalue weighted by Gasteiger charge is 2.69. The molecule has 0 aliphatic heterocycles. The summed E-state index contributed by atoms with van der Waals surface area (Å²) in [6.07, 6.45) is 1.49. The summed E-state index contributed by atoms with van der Waals surface area (Å²) in [7, 11) is 0. The molecule has 216 valence electrons. The second-order valence-corrected chi connectivity index (χ2v) is 13.8. The molecule has 4 rings (SSSR count). The van der Waals surface area contributed by atoms with E-state index < -0.39 is 70.4 Å². The van der Waals surface area contributed by atoms with Gasteiger partial charge in [0.15, 0.2) is 5.78 Å². The molecule has 0 amide bonds. The highest BCUT2D eigenvalue weighted by atomic mass is 16.6. The molecule has 4 aliphatic rings. The fourth-order valence-electron chi connectivity index (χ4n) is 8.68. The zero-order valence-corrected chi connectivity index (χ0v) is 23.3. The van der Waals surface area contributed by atoms with Crippen molar-refractivity contribution in [2.75, 3.05) is 6.61 Å². The topological polar surface area (TPSA) is 165 Å². The summed E-state index contributed by atoms with van der Waals surface area (Å²) in [5.41, 5.74) is -4.81. The summed E-state index contributed by atoms with van der Waals surface area (Å²) in [6, 6.07) is 0. The second kappa shape index (κ2) is 9.63. The molecule has 0 saturated heterocycles. The van der Waals surface area contributed by atoms with E-state index >= 15 is 0 Å². The maximum atomic E-state index is 13.4. The Labute approximate surface area is 224 Å². The lowest BCUT2D eigenvalue weighted by molar-refractivity contribution is -0.195. The molecule has 38 heavy (non-hydrogen) atoms. The van der Waals surface area contributed by atoms with E-state index in [4.69, 9.17) is 4.74 Å². The van der Waals surface area contributed by atoms with Crippen molar-refractivity contribution < 1.29 is 45.0 Å². The van der Waals surface area contributed by atoms with Crippen molar-refractivity contribution >= 4 is 11.8 Å². The molecule has 1 unspecified atom stereocenters. The molecule has 4 aliphatic carbocycles. The van der Waals surface area contributed by atoms with Gasteiger partial charge in [-0.3, -0.25) is 4.79 Å². The van der Waals surface area contributed by atoms with Gasteiger partial charge in [-0.1, -0.05) is 13.8 Å². The van der Waals surface area contributed by atoms with Crippen LogP contribution in [0.15, 0.2) is 11.6 Å². The fraction of sp³-hybridized carbons (Fsp3) is 0.862. The molecule has 0 radical (unpaired) electrons. The quantitative estimate of drug-likeness (QED) is 0.263. The third-order valence-corrected chi connectivity index (χ3v) is 10.9. The third kappa shape index (κ3) is 4.57. The van der Waals surface area contributed by atoms with E-state index in [1.54, 1.807) is 26.8 Å². The molecule has 0 aromatic carbocycles. The second-order valence-electron chi connectivity index (χ2n) is 13.8. The molecule has 0 spiro atoms. The molecular formula is C29H46O9. The van der Waals surface area contributed by atoms with Crippen LogP contribution in [0.1, 0.15) is 86.0 Å². The molecule has 10 atom stereocenters. The molecule has 3 saturated carbocycles. The summed E-state index contributed by atoms with van der Waals surface area (Å²) >= 11 is 0. The number of fused-ring (bicyclic) bond motifs is 5. The number of rotatable bonds is 7. The first kappa shape index (κ1) is 29.6. The van der Waals surface area contributed by atoms with Gasteiger partial charge in [0.2, 0.25) is 0 Å². The van der Waals surface area contributed by atoms with E-state index in [1.807, 2.05) is 13.8 Å². The molecule has 3 fully saturated rings. The summed E-state index contributed by atoms with van der Waals surface area (Å²) < 4.78 is 5.51. The molecule has 9 heteroatoms. The van der Waals surface area contributed by atoms with Crippen LogP contribution in [0.3, 0.4) is 0 Å². The third-order valence-electron chi connectivity index (χ3n) is 10.9. The lowest BCUT2D eigenvalue weighted by Crippen LogP contribution is -2.63. The van der Waals surface area contributed by atoms with Crippen LogP contribution in [0.25, 0.3) is 0 Å². The number of hydrogen-bond donors (Lipinski definition) is 6. The Bertz CT molecular complexity index is 983. The van der Waals surface area contributed by atoms with Crippen LogP contribution in [0.5, 0.6) is 0 Å². The van der Waals surface area contributed by atoms with Gasteiger partial charge < -0.3 is 35.4 Å². The van der Waals surface area contributed by atoms with Crippen molar-refractivity contribution in [1.82, 2.24) is 0 Å². The minimum atomic E-state index is -1.58. The van der Waals surface area contributed by atoms with Crippen molar-refractivity contribution in [1.29, 1.82) is 0 Å². The Morgan fingerprint density at radius 3 is 2.37 bits per heavy atom. The molecule has 0 heterocycles. The molecule has 6 N–H and O–H groups in total. The number of allylic oxidation sites excluding steroid dienone is 1. The van der Waals surface area contributed by atoms with Gasteiger partial charge in [0.25, 0.3) is 0 Å². The van der Waals surface area contributed by atoms with Crippen molar-refractivity contribution in [3.8, 4) is 0 Å². The predicted molar refractivity (Wildman–Crippen MR) is 138 cm³/mol. The van der Waals surface area contributed by atoms with Gasteiger partial charge >= 0.3 is 5.97 Å². The number of ether oxygens (including phenoxy) is 1. The molecule has 0 bridgehead atoms. The number of ketones is 1. The van der Waals surface area contributed by atoms with Crippen LogP contribution in [-0.2, 0) is 14.3 Å². The largest absolute Gasteiger partial charge is 0.458 e. The van der Waals surface area contributed by atoms with Gasteiger partial charge in [-0.15, -0.1) is 0 Å². The first-order chi connectivity index (χ1) is 17.4. The first-order valence-corrected chi connectivity index (χ1v) is 14.0. The van der Waals surface area contributed by atoms with Crippen molar-refractivity contribution in [2.45, 2.75) is 121 Å². The van der Waals surface area contributed by atoms with Crippen LogP contribution >= 0.6 is 0 Å². The monoisotopic (exact) mass is 538 g/mol. The van der Waals surface area contributed by atoms with Gasteiger partial charge in [-0.2, -0.15) is 0 Å². The van der Waals surface area contributed by atoms with Crippen molar-refractivity contribution in [2.24, 2.45) is 28.6 Å². The standard InChI is InChI=1S/C29H46O9/c1-25(2,35)9-8-23(38-24(34)15-30)28(5,36)22-7-11-29(37)17-12-19(31)18-13-20(32)21(33)14-26(18,3)16(17)6-10-27(22,29)4/h12,16,18,20-23,30,32-33,35-37H,6-11,13-15H2,1-5H3/t16?,18-,20+,21-,22-,23+,26+,27+,28+,29+/m0/s1. The van der Waals surface area contributed by atoms with E-state index in [1.165, 1.54) is 0 Å².